The fourth-order valence-electron chi connectivity index (χ4n) is 3.96. The molecule has 168 valence electrons. The van der Waals surface area contributed by atoms with Crippen molar-refractivity contribution in [2.75, 3.05) is 18.4 Å². The van der Waals surface area contributed by atoms with Gasteiger partial charge in [-0.25, -0.2) is 14.4 Å². The molecule has 2 aromatic heterocycles. The summed E-state index contributed by atoms with van der Waals surface area (Å²) in [5.74, 6) is -0.00427. The number of aromatic nitrogens is 4. The van der Waals surface area contributed by atoms with Gasteiger partial charge in [0.05, 0.1) is 6.10 Å². The Morgan fingerprint density at radius 3 is 2.66 bits per heavy atom. The summed E-state index contributed by atoms with van der Waals surface area (Å²) >= 11 is 0. The number of piperidine rings is 1. The lowest BCUT2D eigenvalue weighted by atomic mass is 10.00. The van der Waals surface area contributed by atoms with Gasteiger partial charge in [-0.1, -0.05) is 12.1 Å². The number of likely N-dealkylation sites (tertiary alicyclic amines) is 1. The summed E-state index contributed by atoms with van der Waals surface area (Å²) in [6.45, 7) is 2.82. The second-order valence-corrected chi connectivity index (χ2v) is 8.12. The third-order valence-electron chi connectivity index (χ3n) is 5.72. The maximum atomic E-state index is 13.5. The summed E-state index contributed by atoms with van der Waals surface area (Å²) in [5, 5.41) is 17.2. The first-order valence-electron chi connectivity index (χ1n) is 10.8. The quantitative estimate of drug-likeness (QED) is 0.614. The summed E-state index contributed by atoms with van der Waals surface area (Å²) in [4.78, 5) is 23.9. The van der Waals surface area contributed by atoms with Crippen LogP contribution in [-0.4, -0.2) is 54.8 Å². The fraction of sp³-hybridized carbons (Fsp3) is 0.391. The van der Waals surface area contributed by atoms with E-state index in [4.69, 9.17) is 0 Å². The van der Waals surface area contributed by atoms with Gasteiger partial charge in [-0.05, 0) is 43.9 Å². The van der Waals surface area contributed by atoms with E-state index in [-0.39, 0.29) is 17.8 Å². The minimum atomic E-state index is -0.621. The summed E-state index contributed by atoms with van der Waals surface area (Å²) in [6, 6.07) is 6.05. The minimum Gasteiger partial charge on any atom is -0.389 e. The highest BCUT2D eigenvalue weighted by molar-refractivity contribution is 5.99. The summed E-state index contributed by atoms with van der Waals surface area (Å²) in [6.07, 6.45) is 7.17. The number of hydrogen-bond donors (Lipinski definition) is 2. The van der Waals surface area contributed by atoms with E-state index >= 15 is 0 Å². The van der Waals surface area contributed by atoms with Crippen LogP contribution in [0.1, 0.15) is 48.3 Å². The number of halogens is 1. The molecule has 1 aromatic carbocycles. The van der Waals surface area contributed by atoms with Crippen molar-refractivity contribution in [1.82, 2.24) is 24.6 Å². The van der Waals surface area contributed by atoms with Crippen LogP contribution in [0.25, 0.3) is 11.1 Å². The largest absolute Gasteiger partial charge is 0.389 e. The number of aliphatic hydroxyl groups excluding tert-OH is 1. The Hall–Kier alpha value is -3.33. The molecule has 1 saturated heterocycles. The van der Waals surface area contributed by atoms with Gasteiger partial charge in [0, 0.05) is 55.9 Å². The van der Waals surface area contributed by atoms with E-state index in [0.29, 0.717) is 35.9 Å². The van der Waals surface area contributed by atoms with Crippen molar-refractivity contribution in [3.63, 3.8) is 0 Å². The van der Waals surface area contributed by atoms with Crippen LogP contribution < -0.4 is 5.32 Å². The van der Waals surface area contributed by atoms with Crippen molar-refractivity contribution >= 4 is 11.9 Å². The van der Waals surface area contributed by atoms with Gasteiger partial charge in [-0.3, -0.25) is 9.48 Å². The number of nitrogens with zero attached hydrogens (tertiary/aromatic N) is 5. The number of hydrogen-bond acceptors (Lipinski definition) is 6. The Morgan fingerprint density at radius 2 is 1.97 bits per heavy atom. The molecule has 8 nitrogen and oxygen atoms in total. The van der Waals surface area contributed by atoms with Crippen molar-refractivity contribution in [3.05, 3.63) is 59.9 Å². The molecule has 2 unspecified atom stereocenters. The zero-order valence-electron chi connectivity index (χ0n) is 18.2. The number of carbonyl (C=O) groups excluding carboxylic acids is 1. The molecule has 0 bridgehead atoms. The molecule has 1 fully saturated rings. The van der Waals surface area contributed by atoms with Crippen LogP contribution in [0.4, 0.5) is 10.3 Å². The highest BCUT2D eigenvalue weighted by Gasteiger charge is 2.30. The molecule has 1 aliphatic heterocycles. The molecule has 0 radical (unpaired) electrons. The Balaban J connectivity index is 1.51. The SMILES string of the molecule is CC(O)c1cnc(NCC2CCCCN2C(=O)c2nn(C)cc2-c2ccc(F)cc2)nc1. The average molecular weight is 439 g/mol. The number of aryl methyl sites for hydroxylation is 1. The molecule has 0 spiro atoms. The molecule has 3 aromatic rings. The Morgan fingerprint density at radius 1 is 1.25 bits per heavy atom. The van der Waals surface area contributed by atoms with Crippen LogP contribution in [0.3, 0.4) is 0 Å². The fourth-order valence-corrected chi connectivity index (χ4v) is 3.96. The lowest BCUT2D eigenvalue weighted by Crippen LogP contribution is -2.47. The van der Waals surface area contributed by atoms with Crippen molar-refractivity contribution in [2.45, 2.75) is 38.3 Å². The predicted octanol–water partition coefficient (Wildman–Crippen LogP) is 3.18. The lowest BCUT2D eigenvalue weighted by Gasteiger charge is -2.35. The van der Waals surface area contributed by atoms with Gasteiger partial charge in [-0.15, -0.1) is 0 Å². The summed E-state index contributed by atoms with van der Waals surface area (Å²) in [7, 11) is 1.77. The van der Waals surface area contributed by atoms with E-state index in [2.05, 4.69) is 20.4 Å². The molecular weight excluding hydrogens is 411 g/mol. The van der Waals surface area contributed by atoms with E-state index in [1.807, 2.05) is 4.90 Å². The first-order valence-corrected chi connectivity index (χ1v) is 10.8. The average Bonchev–Trinajstić information content (AvgIpc) is 3.19. The Kier molecular flexibility index (Phi) is 6.45. The number of amides is 1. The molecule has 1 aliphatic rings. The number of benzene rings is 1. The third kappa shape index (κ3) is 4.77. The third-order valence-corrected chi connectivity index (χ3v) is 5.72. The second-order valence-electron chi connectivity index (χ2n) is 8.12. The summed E-state index contributed by atoms with van der Waals surface area (Å²) in [5.41, 5.74) is 2.45. The van der Waals surface area contributed by atoms with Crippen LogP contribution in [-0.2, 0) is 7.05 Å². The van der Waals surface area contributed by atoms with E-state index in [0.717, 1.165) is 24.8 Å². The van der Waals surface area contributed by atoms with E-state index in [9.17, 15) is 14.3 Å². The van der Waals surface area contributed by atoms with Gasteiger partial charge >= 0.3 is 0 Å². The van der Waals surface area contributed by atoms with E-state index in [1.165, 1.54) is 12.1 Å². The van der Waals surface area contributed by atoms with Crippen LogP contribution in [0, 0.1) is 5.82 Å². The molecule has 3 heterocycles. The maximum Gasteiger partial charge on any atom is 0.275 e. The molecule has 0 saturated carbocycles. The first kappa shape index (κ1) is 21.9. The molecule has 2 atom stereocenters. The van der Waals surface area contributed by atoms with Crippen LogP contribution >= 0.6 is 0 Å². The molecule has 0 aliphatic carbocycles. The number of aliphatic hydroxyl groups is 1. The highest BCUT2D eigenvalue weighted by atomic mass is 19.1. The number of rotatable bonds is 6. The van der Waals surface area contributed by atoms with Crippen LogP contribution in [0.15, 0.2) is 42.9 Å². The molecule has 1 amide bonds. The van der Waals surface area contributed by atoms with Gasteiger partial charge < -0.3 is 15.3 Å². The zero-order valence-corrected chi connectivity index (χ0v) is 18.2. The standard InChI is InChI=1S/C23H27FN6O2/c1-15(31)17-11-25-23(26-12-17)27-13-19-5-3-4-10-30(19)22(32)21-20(14-29(2)28-21)16-6-8-18(24)9-7-16/h6-9,11-12,14-15,19,31H,3-5,10,13H2,1-2H3,(H,25,26,27). The van der Waals surface area contributed by atoms with Gasteiger partial charge in [0.2, 0.25) is 5.95 Å². The van der Waals surface area contributed by atoms with Crippen molar-refractivity contribution in [3.8, 4) is 11.1 Å². The Bertz CT molecular complexity index is 1070. The summed E-state index contributed by atoms with van der Waals surface area (Å²) < 4.78 is 15.0. The lowest BCUT2D eigenvalue weighted by molar-refractivity contribution is 0.0622. The second kappa shape index (κ2) is 9.44. The molecule has 9 heteroatoms. The van der Waals surface area contributed by atoms with Gasteiger partial charge in [0.25, 0.3) is 5.91 Å². The van der Waals surface area contributed by atoms with Crippen molar-refractivity contribution in [2.24, 2.45) is 7.05 Å². The number of anilines is 1. The highest BCUT2D eigenvalue weighted by Crippen LogP contribution is 2.27. The maximum absolute atomic E-state index is 13.5. The van der Waals surface area contributed by atoms with Gasteiger partial charge in [0.15, 0.2) is 5.69 Å². The van der Waals surface area contributed by atoms with E-state index < -0.39 is 6.10 Å². The first-order chi connectivity index (χ1) is 15.4. The van der Waals surface area contributed by atoms with Crippen LogP contribution in [0.5, 0.6) is 0 Å². The van der Waals surface area contributed by atoms with Gasteiger partial charge in [0.1, 0.15) is 5.82 Å². The number of carbonyl (C=O) groups is 1. The Labute approximate surface area is 186 Å². The smallest absolute Gasteiger partial charge is 0.275 e. The normalized spacial score (nSPS) is 17.2. The monoisotopic (exact) mass is 438 g/mol. The predicted molar refractivity (Wildman–Crippen MR) is 118 cm³/mol. The van der Waals surface area contributed by atoms with Crippen molar-refractivity contribution < 1.29 is 14.3 Å². The zero-order chi connectivity index (χ0) is 22.7. The number of nitrogens with one attached hydrogen (secondary N) is 1. The van der Waals surface area contributed by atoms with Crippen LogP contribution in [0.2, 0.25) is 0 Å². The molecule has 4 rings (SSSR count). The topological polar surface area (TPSA) is 96.2 Å². The molecule has 2 N–H and O–H groups in total. The van der Waals surface area contributed by atoms with Gasteiger partial charge in [-0.2, -0.15) is 5.10 Å². The minimum absolute atomic E-state index is 0.0284. The molecule has 32 heavy (non-hydrogen) atoms. The van der Waals surface area contributed by atoms with E-state index in [1.54, 1.807) is 49.4 Å². The molecular formula is C23H27FN6O2. The van der Waals surface area contributed by atoms with Crippen molar-refractivity contribution in [1.29, 1.82) is 0 Å².